The lowest BCUT2D eigenvalue weighted by Crippen LogP contribution is -2.10. The molecule has 1 N–H and O–H groups in total. The van der Waals surface area contributed by atoms with Gasteiger partial charge in [-0.3, -0.25) is 4.79 Å². The minimum atomic E-state index is -1.08. The van der Waals surface area contributed by atoms with Gasteiger partial charge in [0.15, 0.2) is 5.82 Å². The monoisotopic (exact) mass is 421 g/mol. The fourth-order valence-corrected chi connectivity index (χ4v) is 4.21. The Morgan fingerprint density at radius 3 is 2.71 bits per heavy atom. The highest BCUT2D eigenvalue weighted by molar-refractivity contribution is 7.99. The third-order valence-electron chi connectivity index (χ3n) is 4.18. The molecule has 146 valence electrons. The van der Waals surface area contributed by atoms with Crippen molar-refractivity contribution in [3.63, 3.8) is 0 Å². The smallest absolute Gasteiger partial charge is 0.338 e. The predicted octanol–water partition coefficient (Wildman–Crippen LogP) is 5.15. The number of carbonyl (C=O) groups excluding carboxylic acids is 1. The van der Waals surface area contributed by atoms with Crippen LogP contribution in [0, 0.1) is 12.7 Å². The Labute approximate surface area is 170 Å². The molecule has 0 bridgehead atoms. The molecule has 0 spiro atoms. The number of rotatable bonds is 6. The molecule has 0 aliphatic carbocycles. The fourth-order valence-electron chi connectivity index (χ4n) is 2.95. The third-order valence-corrected chi connectivity index (χ3v) is 5.68. The lowest BCUT2D eigenvalue weighted by Gasteiger charge is -2.07. The van der Waals surface area contributed by atoms with Gasteiger partial charge >= 0.3 is 11.9 Å². The summed E-state index contributed by atoms with van der Waals surface area (Å²) in [5.74, 6) is -2.16. The molecule has 28 heavy (non-hydrogen) atoms. The summed E-state index contributed by atoms with van der Waals surface area (Å²) in [6.07, 6.45) is 0. The molecule has 2 aromatic carbocycles. The lowest BCUT2D eigenvalue weighted by atomic mass is 10.2. The van der Waals surface area contributed by atoms with Crippen molar-refractivity contribution in [3.8, 4) is 0 Å². The van der Waals surface area contributed by atoms with Crippen LogP contribution >= 0.6 is 23.4 Å². The maximum atomic E-state index is 14.7. The zero-order valence-electron chi connectivity index (χ0n) is 15.2. The number of halogens is 2. The van der Waals surface area contributed by atoms with E-state index in [1.165, 1.54) is 22.4 Å². The van der Waals surface area contributed by atoms with Crippen molar-refractivity contribution < 1.29 is 23.8 Å². The number of carbonyl (C=O) groups is 2. The van der Waals surface area contributed by atoms with Crippen LogP contribution in [0.3, 0.4) is 0 Å². The van der Waals surface area contributed by atoms with Gasteiger partial charge in [-0.15, -0.1) is 0 Å². The summed E-state index contributed by atoms with van der Waals surface area (Å²) in [5, 5.41) is 9.71. The second kappa shape index (κ2) is 8.24. The normalized spacial score (nSPS) is 11.0. The summed E-state index contributed by atoms with van der Waals surface area (Å²) in [5.41, 5.74) is 1.16. The fraction of sp³-hybridized carbons (Fsp3) is 0.200. The van der Waals surface area contributed by atoms with Gasteiger partial charge in [0.25, 0.3) is 0 Å². The molecule has 0 aliphatic rings. The van der Waals surface area contributed by atoms with Crippen molar-refractivity contribution in [3.05, 3.63) is 58.5 Å². The van der Waals surface area contributed by atoms with Gasteiger partial charge in [0.2, 0.25) is 0 Å². The number of aliphatic carboxylic acids is 1. The molecule has 0 saturated heterocycles. The van der Waals surface area contributed by atoms with Crippen LogP contribution in [-0.4, -0.2) is 28.2 Å². The average molecular weight is 422 g/mol. The number of benzene rings is 2. The minimum absolute atomic E-state index is 0.0718. The zero-order valence-corrected chi connectivity index (χ0v) is 16.7. The Hall–Kier alpha value is -2.51. The van der Waals surface area contributed by atoms with Crippen molar-refractivity contribution in [2.75, 3.05) is 6.61 Å². The second-order valence-corrected chi connectivity index (χ2v) is 7.49. The van der Waals surface area contributed by atoms with Crippen molar-refractivity contribution in [1.29, 1.82) is 0 Å². The van der Waals surface area contributed by atoms with E-state index < -0.39 is 17.8 Å². The van der Waals surface area contributed by atoms with Crippen LogP contribution in [0.4, 0.5) is 4.39 Å². The van der Waals surface area contributed by atoms with E-state index in [0.717, 1.165) is 4.90 Å². The van der Waals surface area contributed by atoms with E-state index >= 15 is 0 Å². The molecule has 0 aliphatic heterocycles. The topological polar surface area (TPSA) is 68.5 Å². The van der Waals surface area contributed by atoms with E-state index in [1.807, 2.05) is 6.07 Å². The molecular weight excluding hydrogens is 405 g/mol. The molecule has 0 fully saturated rings. The first-order valence-corrected chi connectivity index (χ1v) is 9.66. The largest absolute Gasteiger partial charge is 0.480 e. The average Bonchev–Trinajstić information content (AvgIpc) is 2.91. The van der Waals surface area contributed by atoms with E-state index in [2.05, 4.69) is 0 Å². The highest BCUT2D eigenvalue weighted by atomic mass is 35.5. The van der Waals surface area contributed by atoms with Gasteiger partial charge in [-0.1, -0.05) is 29.4 Å². The molecule has 5 nitrogen and oxygen atoms in total. The molecule has 3 aromatic rings. The van der Waals surface area contributed by atoms with Crippen molar-refractivity contribution in [1.82, 2.24) is 4.57 Å². The molecule has 0 atom stereocenters. The van der Waals surface area contributed by atoms with Gasteiger partial charge in [0.05, 0.1) is 22.7 Å². The van der Waals surface area contributed by atoms with E-state index in [9.17, 15) is 19.1 Å². The summed E-state index contributed by atoms with van der Waals surface area (Å²) in [4.78, 5) is 24.7. The SMILES string of the molecule is CCOC(=O)c1cccc(Sc2c(C)n(CC(=O)O)c3c(F)c(Cl)ccc23)c1. The summed E-state index contributed by atoms with van der Waals surface area (Å²) in [6.45, 7) is 3.35. The van der Waals surface area contributed by atoms with E-state index in [1.54, 1.807) is 38.1 Å². The first-order valence-electron chi connectivity index (χ1n) is 8.47. The van der Waals surface area contributed by atoms with Crippen LogP contribution < -0.4 is 0 Å². The van der Waals surface area contributed by atoms with Crippen LogP contribution in [0.2, 0.25) is 5.02 Å². The highest BCUT2D eigenvalue weighted by Gasteiger charge is 2.21. The first-order chi connectivity index (χ1) is 13.3. The number of carboxylic acids is 1. The number of carboxylic acid groups (broad SMARTS) is 1. The first kappa shape index (κ1) is 20.2. The van der Waals surface area contributed by atoms with Crippen LogP contribution in [-0.2, 0) is 16.1 Å². The Balaban J connectivity index is 2.10. The predicted molar refractivity (Wildman–Crippen MR) is 106 cm³/mol. The number of nitrogens with zero attached hydrogens (tertiary/aromatic N) is 1. The minimum Gasteiger partial charge on any atom is -0.480 e. The molecule has 8 heteroatoms. The van der Waals surface area contributed by atoms with Crippen LogP contribution in [0.25, 0.3) is 10.9 Å². The number of hydrogen-bond donors (Lipinski definition) is 1. The summed E-state index contributed by atoms with van der Waals surface area (Å²) in [6, 6.07) is 10.0. The van der Waals surface area contributed by atoms with Crippen molar-refractivity contribution in [2.45, 2.75) is 30.2 Å². The molecule has 3 rings (SSSR count). The Morgan fingerprint density at radius 1 is 1.29 bits per heavy atom. The van der Waals surface area contributed by atoms with Gasteiger partial charge in [-0.05, 0) is 44.2 Å². The standard InChI is InChI=1S/C20H17ClFNO4S/c1-3-27-20(26)12-5-4-6-13(9-12)28-19-11(2)23(10-16(24)25)18-14(19)7-8-15(21)17(18)22/h4-9H,3,10H2,1-2H3,(H,24,25). The van der Waals surface area contributed by atoms with Gasteiger partial charge in [-0.2, -0.15) is 0 Å². The van der Waals surface area contributed by atoms with E-state index in [4.69, 9.17) is 16.3 Å². The summed E-state index contributed by atoms with van der Waals surface area (Å²) < 4.78 is 21.1. The van der Waals surface area contributed by atoms with Crippen molar-refractivity contribution >= 4 is 46.2 Å². The Morgan fingerprint density at radius 2 is 2.04 bits per heavy atom. The number of esters is 1. The van der Waals surface area contributed by atoms with Crippen LogP contribution in [0.5, 0.6) is 0 Å². The zero-order chi connectivity index (χ0) is 20.4. The lowest BCUT2D eigenvalue weighted by molar-refractivity contribution is -0.137. The molecule has 1 heterocycles. The molecule has 1 aromatic heterocycles. The van der Waals surface area contributed by atoms with Gasteiger partial charge in [0, 0.05) is 20.9 Å². The maximum absolute atomic E-state index is 14.7. The Kier molecular flexibility index (Phi) is 5.96. The van der Waals surface area contributed by atoms with Gasteiger partial charge in [0.1, 0.15) is 6.54 Å². The maximum Gasteiger partial charge on any atom is 0.338 e. The van der Waals surface area contributed by atoms with Crippen LogP contribution in [0.1, 0.15) is 23.0 Å². The highest BCUT2D eigenvalue weighted by Crippen LogP contribution is 2.40. The molecule has 0 unspecified atom stereocenters. The summed E-state index contributed by atoms with van der Waals surface area (Å²) >= 11 is 7.23. The van der Waals surface area contributed by atoms with Gasteiger partial charge < -0.3 is 14.4 Å². The molecule has 0 saturated carbocycles. The van der Waals surface area contributed by atoms with Gasteiger partial charge in [-0.25, -0.2) is 9.18 Å². The number of hydrogen-bond acceptors (Lipinski definition) is 4. The van der Waals surface area contributed by atoms with E-state index in [0.29, 0.717) is 21.5 Å². The van der Waals surface area contributed by atoms with Crippen molar-refractivity contribution in [2.24, 2.45) is 0 Å². The number of aromatic nitrogens is 1. The molecule has 0 radical (unpaired) electrons. The Bertz CT molecular complexity index is 1080. The quantitative estimate of drug-likeness (QED) is 0.557. The van der Waals surface area contributed by atoms with E-state index in [-0.39, 0.29) is 23.7 Å². The molecule has 0 amide bonds. The number of fused-ring (bicyclic) bond motifs is 1. The summed E-state index contributed by atoms with van der Waals surface area (Å²) in [7, 11) is 0. The molecular formula is C20H17ClFNO4S. The third kappa shape index (κ3) is 3.86. The number of ether oxygens (including phenoxy) is 1. The van der Waals surface area contributed by atoms with Crippen LogP contribution in [0.15, 0.2) is 46.2 Å². The second-order valence-electron chi connectivity index (χ2n) is 6.00.